The first-order valence-corrected chi connectivity index (χ1v) is 16.6. The zero-order valence-electron chi connectivity index (χ0n) is 25.2. The molecule has 3 nitrogen and oxygen atoms in total. The molecule has 0 unspecified atom stereocenters. The third-order valence-electron chi connectivity index (χ3n) is 9.25. The van der Waals surface area contributed by atoms with E-state index in [-0.39, 0.29) is 0 Å². The van der Waals surface area contributed by atoms with Crippen LogP contribution in [0.25, 0.3) is 97.4 Å². The first kappa shape index (κ1) is 26.3. The summed E-state index contributed by atoms with van der Waals surface area (Å²) in [6, 6.07) is 54.0. The Morgan fingerprint density at radius 1 is 0.340 bits per heavy atom. The third kappa shape index (κ3) is 4.30. The standard InChI is InChI=1S/C43H25N3S/c1-3-11-29-22-32(20-16-26(29)8-1)41-44-42(33-21-17-27-9-2-4-12-30(27)23-33)46-43(45-41)35-14-7-15-38-40(35)37-25-36-31(24-39(37)47-38)19-18-28-10-5-6-13-34(28)36/h1-25H. The highest BCUT2D eigenvalue weighted by atomic mass is 32.1. The number of hydrogen-bond acceptors (Lipinski definition) is 4. The van der Waals surface area contributed by atoms with Gasteiger partial charge in [-0.1, -0.05) is 121 Å². The minimum Gasteiger partial charge on any atom is -0.208 e. The fraction of sp³-hybridized carbons (Fsp3) is 0. The fourth-order valence-corrected chi connectivity index (χ4v) is 8.09. The second kappa shape index (κ2) is 10.3. The molecule has 10 aromatic rings. The quantitative estimate of drug-likeness (QED) is 0.186. The maximum Gasteiger partial charge on any atom is 0.164 e. The van der Waals surface area contributed by atoms with E-state index in [0.29, 0.717) is 17.5 Å². The predicted molar refractivity (Wildman–Crippen MR) is 199 cm³/mol. The number of aromatic nitrogens is 3. The van der Waals surface area contributed by atoms with E-state index in [9.17, 15) is 0 Å². The van der Waals surface area contributed by atoms with E-state index in [1.807, 2.05) is 11.3 Å². The van der Waals surface area contributed by atoms with Gasteiger partial charge in [-0.25, -0.2) is 15.0 Å². The number of fused-ring (bicyclic) bond motifs is 8. The minimum absolute atomic E-state index is 0.664. The average Bonchev–Trinajstić information content (AvgIpc) is 3.51. The van der Waals surface area contributed by atoms with Gasteiger partial charge in [0.15, 0.2) is 17.5 Å². The van der Waals surface area contributed by atoms with Crippen molar-refractivity contribution in [2.24, 2.45) is 0 Å². The first-order chi connectivity index (χ1) is 23.2. The van der Waals surface area contributed by atoms with Crippen LogP contribution >= 0.6 is 11.3 Å². The summed E-state index contributed by atoms with van der Waals surface area (Å²) in [5.41, 5.74) is 2.95. The summed E-state index contributed by atoms with van der Waals surface area (Å²) < 4.78 is 2.48. The van der Waals surface area contributed by atoms with E-state index in [1.165, 1.54) is 52.5 Å². The van der Waals surface area contributed by atoms with Crippen LogP contribution in [0.2, 0.25) is 0 Å². The Hall–Kier alpha value is -5.97. The smallest absolute Gasteiger partial charge is 0.164 e. The van der Waals surface area contributed by atoms with Crippen LogP contribution < -0.4 is 0 Å². The summed E-state index contributed by atoms with van der Waals surface area (Å²) in [5.74, 6) is 2.00. The average molecular weight is 616 g/mol. The van der Waals surface area contributed by atoms with Crippen LogP contribution in [-0.4, -0.2) is 15.0 Å². The van der Waals surface area contributed by atoms with E-state index in [1.54, 1.807) is 0 Å². The lowest BCUT2D eigenvalue weighted by molar-refractivity contribution is 1.08. The predicted octanol–water partition coefficient (Wildman–Crippen LogP) is 11.9. The van der Waals surface area contributed by atoms with Gasteiger partial charge < -0.3 is 0 Å². The van der Waals surface area contributed by atoms with Gasteiger partial charge in [-0.05, 0) is 73.4 Å². The van der Waals surface area contributed by atoms with Crippen molar-refractivity contribution in [1.82, 2.24) is 15.0 Å². The van der Waals surface area contributed by atoms with E-state index >= 15 is 0 Å². The molecule has 0 N–H and O–H groups in total. The van der Waals surface area contributed by atoms with Crippen molar-refractivity contribution in [3.63, 3.8) is 0 Å². The summed E-state index contributed by atoms with van der Waals surface area (Å²) in [7, 11) is 0. The zero-order valence-corrected chi connectivity index (χ0v) is 26.0. The molecule has 0 aliphatic carbocycles. The molecule has 2 aromatic heterocycles. The number of thiophene rings is 1. The zero-order chi connectivity index (χ0) is 30.9. The fourth-order valence-electron chi connectivity index (χ4n) is 6.92. The molecule has 218 valence electrons. The largest absolute Gasteiger partial charge is 0.208 e. The van der Waals surface area contributed by atoms with Gasteiger partial charge in [-0.2, -0.15) is 0 Å². The Bertz CT molecular complexity index is 2770. The van der Waals surface area contributed by atoms with Crippen molar-refractivity contribution in [3.05, 3.63) is 152 Å². The Labute approximate surface area is 274 Å². The van der Waals surface area contributed by atoms with Gasteiger partial charge in [-0.15, -0.1) is 11.3 Å². The number of rotatable bonds is 3. The van der Waals surface area contributed by atoms with Crippen molar-refractivity contribution in [2.75, 3.05) is 0 Å². The number of hydrogen-bond donors (Lipinski definition) is 0. The molecule has 0 spiro atoms. The first-order valence-electron chi connectivity index (χ1n) is 15.8. The molecule has 4 heteroatoms. The van der Waals surface area contributed by atoms with Crippen LogP contribution in [0.4, 0.5) is 0 Å². The normalized spacial score (nSPS) is 11.8. The molecular weight excluding hydrogens is 591 g/mol. The summed E-state index contributed by atoms with van der Waals surface area (Å²) in [4.78, 5) is 15.5. The lowest BCUT2D eigenvalue weighted by Crippen LogP contribution is -2.00. The van der Waals surface area contributed by atoms with Crippen molar-refractivity contribution < 1.29 is 0 Å². The SMILES string of the molecule is c1ccc2cc(-c3nc(-c4ccc5ccccc5c4)nc(-c4cccc5sc6cc7ccc8ccccc8c7cc6c45)n3)ccc2c1. The maximum absolute atomic E-state index is 5.20. The van der Waals surface area contributed by atoms with Gasteiger partial charge in [-0.3, -0.25) is 0 Å². The Morgan fingerprint density at radius 3 is 1.62 bits per heavy atom. The van der Waals surface area contributed by atoms with Crippen molar-refractivity contribution in [1.29, 1.82) is 0 Å². The molecule has 0 saturated heterocycles. The minimum atomic E-state index is 0.664. The second-order valence-electron chi connectivity index (χ2n) is 12.1. The Kier molecular flexibility index (Phi) is 5.74. The van der Waals surface area contributed by atoms with E-state index in [4.69, 9.17) is 15.0 Å². The van der Waals surface area contributed by atoms with Crippen LogP contribution in [0, 0.1) is 0 Å². The topological polar surface area (TPSA) is 38.7 Å². The van der Waals surface area contributed by atoms with E-state index < -0.39 is 0 Å². The maximum atomic E-state index is 5.20. The van der Waals surface area contributed by atoms with Gasteiger partial charge in [0.1, 0.15) is 0 Å². The van der Waals surface area contributed by atoms with Gasteiger partial charge >= 0.3 is 0 Å². The molecule has 8 aromatic carbocycles. The summed E-state index contributed by atoms with van der Waals surface area (Å²) >= 11 is 1.82. The summed E-state index contributed by atoms with van der Waals surface area (Å²) in [6.07, 6.45) is 0. The third-order valence-corrected chi connectivity index (χ3v) is 10.4. The molecule has 0 amide bonds. The monoisotopic (exact) mass is 615 g/mol. The van der Waals surface area contributed by atoms with Crippen molar-refractivity contribution >= 4 is 74.6 Å². The van der Waals surface area contributed by atoms with Crippen LogP contribution in [-0.2, 0) is 0 Å². The number of nitrogens with zero attached hydrogens (tertiary/aromatic N) is 3. The van der Waals surface area contributed by atoms with E-state index in [0.717, 1.165) is 27.5 Å². The lowest BCUT2D eigenvalue weighted by Gasteiger charge is -2.11. The molecule has 47 heavy (non-hydrogen) atoms. The van der Waals surface area contributed by atoms with Crippen molar-refractivity contribution in [2.45, 2.75) is 0 Å². The Balaban J connectivity index is 1.25. The van der Waals surface area contributed by atoms with Crippen molar-refractivity contribution in [3.8, 4) is 34.2 Å². The van der Waals surface area contributed by atoms with E-state index in [2.05, 4.69) is 152 Å². The van der Waals surface area contributed by atoms with Crippen LogP contribution in [0.5, 0.6) is 0 Å². The molecule has 10 rings (SSSR count). The van der Waals surface area contributed by atoms with Crippen LogP contribution in [0.15, 0.2) is 152 Å². The van der Waals surface area contributed by atoms with Gasteiger partial charge in [0, 0.05) is 36.9 Å². The molecular formula is C43H25N3S. The Morgan fingerprint density at radius 2 is 0.915 bits per heavy atom. The van der Waals surface area contributed by atoms with Gasteiger partial charge in [0.25, 0.3) is 0 Å². The van der Waals surface area contributed by atoms with Crippen LogP contribution in [0.3, 0.4) is 0 Å². The summed E-state index contributed by atoms with van der Waals surface area (Å²) in [6.45, 7) is 0. The van der Waals surface area contributed by atoms with Gasteiger partial charge in [0.05, 0.1) is 0 Å². The highest BCUT2D eigenvalue weighted by Gasteiger charge is 2.18. The molecule has 0 aliphatic rings. The molecule has 0 fully saturated rings. The summed E-state index contributed by atoms with van der Waals surface area (Å²) in [5, 5.41) is 12.1. The number of benzene rings is 8. The molecule has 0 bridgehead atoms. The lowest BCUT2D eigenvalue weighted by atomic mass is 9.98. The van der Waals surface area contributed by atoms with Crippen LogP contribution in [0.1, 0.15) is 0 Å². The molecule has 0 radical (unpaired) electrons. The molecule has 0 atom stereocenters. The highest BCUT2D eigenvalue weighted by Crippen LogP contribution is 2.42. The highest BCUT2D eigenvalue weighted by molar-refractivity contribution is 7.26. The van der Waals surface area contributed by atoms with Gasteiger partial charge in [0.2, 0.25) is 0 Å². The second-order valence-corrected chi connectivity index (χ2v) is 13.2. The molecule has 0 saturated carbocycles. The molecule has 0 aliphatic heterocycles. The molecule has 2 heterocycles.